The molecule has 4 nitrogen and oxygen atoms in total. The lowest BCUT2D eigenvalue weighted by atomic mass is 10.1. The standard InChI is InChI=1S/C18H19N3O/c1-13-5-3-6-15(11-13)8-9-17(22)20-16-7-4-10-21-12-14(2)19-18(16)21/h3-7,10-12H,8-9H2,1-2H3,(H,20,22). The van der Waals surface area contributed by atoms with Crippen molar-refractivity contribution in [2.24, 2.45) is 0 Å². The molecule has 112 valence electrons. The Kier molecular flexibility index (Phi) is 3.92. The second-order valence-corrected chi connectivity index (χ2v) is 5.57. The zero-order chi connectivity index (χ0) is 15.5. The Morgan fingerprint density at radius 1 is 1.23 bits per heavy atom. The van der Waals surface area contributed by atoms with Crippen LogP contribution in [0.1, 0.15) is 23.2 Å². The van der Waals surface area contributed by atoms with E-state index in [1.807, 2.05) is 41.9 Å². The number of hydrogen-bond acceptors (Lipinski definition) is 2. The van der Waals surface area contributed by atoms with Crippen LogP contribution in [0.5, 0.6) is 0 Å². The fourth-order valence-corrected chi connectivity index (χ4v) is 2.57. The number of nitrogens with zero attached hydrogens (tertiary/aromatic N) is 2. The van der Waals surface area contributed by atoms with E-state index in [0.717, 1.165) is 23.4 Å². The molecule has 2 aromatic heterocycles. The summed E-state index contributed by atoms with van der Waals surface area (Å²) >= 11 is 0. The van der Waals surface area contributed by atoms with E-state index >= 15 is 0 Å². The molecule has 0 fully saturated rings. The van der Waals surface area contributed by atoms with E-state index in [4.69, 9.17) is 0 Å². The number of benzene rings is 1. The number of nitrogens with one attached hydrogen (secondary N) is 1. The van der Waals surface area contributed by atoms with Crippen molar-refractivity contribution < 1.29 is 4.79 Å². The summed E-state index contributed by atoms with van der Waals surface area (Å²) in [7, 11) is 0. The highest BCUT2D eigenvalue weighted by molar-refractivity contribution is 5.94. The van der Waals surface area contributed by atoms with E-state index in [-0.39, 0.29) is 5.91 Å². The van der Waals surface area contributed by atoms with Gasteiger partial charge in [-0.3, -0.25) is 4.79 Å². The van der Waals surface area contributed by atoms with Gasteiger partial charge in [0.25, 0.3) is 0 Å². The van der Waals surface area contributed by atoms with Crippen molar-refractivity contribution in [1.82, 2.24) is 9.38 Å². The summed E-state index contributed by atoms with van der Waals surface area (Å²) in [6.07, 6.45) is 5.07. The number of hydrogen-bond donors (Lipinski definition) is 1. The molecular weight excluding hydrogens is 274 g/mol. The van der Waals surface area contributed by atoms with Gasteiger partial charge in [-0.2, -0.15) is 0 Å². The molecule has 0 aliphatic heterocycles. The zero-order valence-corrected chi connectivity index (χ0v) is 12.8. The average Bonchev–Trinajstić information content (AvgIpc) is 2.87. The minimum absolute atomic E-state index is 0.00950. The molecule has 0 radical (unpaired) electrons. The topological polar surface area (TPSA) is 46.4 Å². The van der Waals surface area contributed by atoms with Crippen LogP contribution in [0.25, 0.3) is 5.65 Å². The molecule has 4 heteroatoms. The molecule has 0 aliphatic rings. The fourth-order valence-electron chi connectivity index (χ4n) is 2.57. The molecule has 22 heavy (non-hydrogen) atoms. The van der Waals surface area contributed by atoms with Crippen LogP contribution >= 0.6 is 0 Å². The number of pyridine rings is 1. The second kappa shape index (κ2) is 6.02. The van der Waals surface area contributed by atoms with E-state index in [0.29, 0.717) is 6.42 Å². The van der Waals surface area contributed by atoms with Gasteiger partial charge in [0.1, 0.15) is 0 Å². The van der Waals surface area contributed by atoms with Crippen LogP contribution in [0.4, 0.5) is 5.69 Å². The molecular formula is C18H19N3O. The van der Waals surface area contributed by atoms with Crippen LogP contribution in [0.2, 0.25) is 0 Å². The maximum atomic E-state index is 12.2. The van der Waals surface area contributed by atoms with Crippen LogP contribution in [0.3, 0.4) is 0 Å². The van der Waals surface area contributed by atoms with E-state index in [9.17, 15) is 4.79 Å². The van der Waals surface area contributed by atoms with Crippen LogP contribution in [-0.2, 0) is 11.2 Å². The summed E-state index contributed by atoms with van der Waals surface area (Å²) in [5.41, 5.74) is 4.87. The van der Waals surface area contributed by atoms with Crippen molar-refractivity contribution in [3.63, 3.8) is 0 Å². The van der Waals surface area contributed by atoms with Crippen LogP contribution in [-0.4, -0.2) is 15.3 Å². The molecule has 1 amide bonds. The summed E-state index contributed by atoms with van der Waals surface area (Å²) in [5.74, 6) is 0.00950. The van der Waals surface area contributed by atoms with Gasteiger partial charge in [-0.15, -0.1) is 0 Å². The number of carbonyl (C=O) groups excluding carboxylic acids is 1. The number of amides is 1. The van der Waals surface area contributed by atoms with Crippen molar-refractivity contribution in [1.29, 1.82) is 0 Å². The highest BCUT2D eigenvalue weighted by Gasteiger charge is 2.08. The summed E-state index contributed by atoms with van der Waals surface area (Å²) in [6, 6.07) is 12.0. The molecule has 1 aromatic carbocycles. The first-order valence-electron chi connectivity index (χ1n) is 7.41. The van der Waals surface area contributed by atoms with Crippen LogP contribution in [0, 0.1) is 13.8 Å². The molecule has 0 saturated heterocycles. The number of carbonyl (C=O) groups is 1. The third-order valence-corrected chi connectivity index (χ3v) is 3.60. The minimum atomic E-state index is 0.00950. The molecule has 3 aromatic rings. The predicted molar refractivity (Wildman–Crippen MR) is 88.1 cm³/mol. The Bertz CT molecular complexity index is 820. The Labute approximate surface area is 129 Å². The molecule has 0 saturated carbocycles. The third-order valence-electron chi connectivity index (χ3n) is 3.60. The Morgan fingerprint density at radius 2 is 2.09 bits per heavy atom. The Hall–Kier alpha value is -2.62. The Morgan fingerprint density at radius 3 is 2.91 bits per heavy atom. The predicted octanol–water partition coefficient (Wildman–Crippen LogP) is 3.52. The SMILES string of the molecule is Cc1cccc(CCC(=O)Nc2cccn3cc(C)nc23)c1. The number of aromatic nitrogens is 2. The van der Waals surface area contributed by atoms with Gasteiger partial charge in [-0.05, 0) is 38.0 Å². The van der Waals surface area contributed by atoms with Gasteiger partial charge in [0.2, 0.25) is 5.91 Å². The first kappa shape index (κ1) is 14.3. The van der Waals surface area contributed by atoms with E-state index in [1.54, 1.807) is 0 Å². The normalized spacial score (nSPS) is 10.8. The summed E-state index contributed by atoms with van der Waals surface area (Å²) in [6.45, 7) is 4.00. The van der Waals surface area contributed by atoms with Gasteiger partial charge >= 0.3 is 0 Å². The van der Waals surface area contributed by atoms with E-state index < -0.39 is 0 Å². The van der Waals surface area contributed by atoms with Gasteiger partial charge in [-0.25, -0.2) is 4.98 Å². The first-order chi connectivity index (χ1) is 10.6. The third kappa shape index (κ3) is 3.17. The summed E-state index contributed by atoms with van der Waals surface area (Å²) < 4.78 is 1.92. The molecule has 0 aliphatic carbocycles. The summed E-state index contributed by atoms with van der Waals surface area (Å²) in [5, 5.41) is 2.96. The number of aryl methyl sites for hydroxylation is 3. The number of anilines is 1. The molecule has 0 unspecified atom stereocenters. The molecule has 0 atom stereocenters. The van der Waals surface area contributed by atoms with Gasteiger partial charge in [0.15, 0.2) is 5.65 Å². The lowest BCUT2D eigenvalue weighted by Gasteiger charge is -2.07. The lowest BCUT2D eigenvalue weighted by molar-refractivity contribution is -0.116. The lowest BCUT2D eigenvalue weighted by Crippen LogP contribution is -2.13. The second-order valence-electron chi connectivity index (χ2n) is 5.57. The van der Waals surface area contributed by atoms with Gasteiger partial charge in [-0.1, -0.05) is 29.8 Å². The number of fused-ring (bicyclic) bond motifs is 1. The smallest absolute Gasteiger partial charge is 0.224 e. The van der Waals surface area contributed by atoms with Gasteiger partial charge in [0.05, 0.1) is 11.4 Å². The van der Waals surface area contributed by atoms with E-state index in [1.165, 1.54) is 11.1 Å². The molecule has 1 N–H and O–H groups in total. The van der Waals surface area contributed by atoms with Gasteiger partial charge < -0.3 is 9.72 Å². The average molecular weight is 293 g/mol. The van der Waals surface area contributed by atoms with Gasteiger partial charge in [0, 0.05) is 18.8 Å². The quantitative estimate of drug-likeness (QED) is 0.800. The summed E-state index contributed by atoms with van der Waals surface area (Å²) in [4.78, 5) is 16.6. The highest BCUT2D eigenvalue weighted by atomic mass is 16.1. The molecule has 0 spiro atoms. The molecule has 2 heterocycles. The largest absolute Gasteiger partial charge is 0.323 e. The highest BCUT2D eigenvalue weighted by Crippen LogP contribution is 2.16. The van der Waals surface area contributed by atoms with Crippen molar-refractivity contribution in [2.45, 2.75) is 26.7 Å². The monoisotopic (exact) mass is 293 g/mol. The molecule has 3 rings (SSSR count). The van der Waals surface area contributed by atoms with Crippen molar-refractivity contribution >= 4 is 17.2 Å². The molecule has 0 bridgehead atoms. The van der Waals surface area contributed by atoms with Crippen LogP contribution in [0.15, 0.2) is 48.8 Å². The van der Waals surface area contributed by atoms with E-state index in [2.05, 4.69) is 35.4 Å². The maximum absolute atomic E-state index is 12.2. The fraction of sp³-hybridized carbons (Fsp3) is 0.222. The maximum Gasteiger partial charge on any atom is 0.224 e. The minimum Gasteiger partial charge on any atom is -0.323 e. The zero-order valence-electron chi connectivity index (χ0n) is 12.8. The van der Waals surface area contributed by atoms with Crippen molar-refractivity contribution in [2.75, 3.05) is 5.32 Å². The van der Waals surface area contributed by atoms with Crippen molar-refractivity contribution in [3.8, 4) is 0 Å². The Balaban J connectivity index is 1.68. The van der Waals surface area contributed by atoms with Crippen LogP contribution < -0.4 is 5.32 Å². The number of imidazole rings is 1. The van der Waals surface area contributed by atoms with Crippen molar-refractivity contribution in [3.05, 3.63) is 65.6 Å². The first-order valence-corrected chi connectivity index (χ1v) is 7.41. The number of rotatable bonds is 4.